The molecular weight excluding hydrogens is 274 g/mol. The first-order valence-electron chi connectivity index (χ1n) is 6.99. The van der Waals surface area contributed by atoms with Gasteiger partial charge in [0.05, 0.1) is 19.1 Å². The minimum atomic E-state index is -1.03. The Bertz CT molecular complexity index is 559. The number of benzene rings is 1. The Labute approximate surface area is 122 Å². The predicted molar refractivity (Wildman–Crippen MR) is 73.1 cm³/mol. The first-order valence-corrected chi connectivity index (χ1v) is 6.99. The molecule has 0 radical (unpaired) electrons. The number of aliphatic carboxylic acids is 1. The highest BCUT2D eigenvalue weighted by molar-refractivity contribution is 5.81. The zero-order valence-electron chi connectivity index (χ0n) is 11.5. The third kappa shape index (κ3) is 2.85. The second kappa shape index (κ2) is 5.73. The van der Waals surface area contributed by atoms with Crippen LogP contribution in [0.15, 0.2) is 24.3 Å². The number of ether oxygens (including phenoxy) is 2. The molecule has 2 heterocycles. The fourth-order valence-corrected chi connectivity index (χ4v) is 2.74. The number of hydrogen-bond donors (Lipinski definition) is 1. The van der Waals surface area contributed by atoms with Gasteiger partial charge in [0.15, 0.2) is 6.10 Å². The minimum Gasteiger partial charge on any atom is -0.492 e. The Kier molecular flexibility index (Phi) is 3.79. The first kappa shape index (κ1) is 13.9. The monoisotopic (exact) mass is 291 g/mol. The first-order chi connectivity index (χ1) is 10.1. The molecule has 1 aromatic rings. The van der Waals surface area contributed by atoms with E-state index in [1.54, 1.807) is 4.90 Å². The number of carbonyl (C=O) groups excluding carboxylic acids is 1. The smallest absolute Gasteiger partial charge is 0.334 e. The molecule has 6 nitrogen and oxygen atoms in total. The van der Waals surface area contributed by atoms with E-state index in [2.05, 4.69) is 0 Å². The van der Waals surface area contributed by atoms with Crippen LogP contribution in [0.5, 0.6) is 5.75 Å². The Hall–Kier alpha value is -2.08. The molecule has 0 saturated carbocycles. The molecule has 1 aromatic carbocycles. The van der Waals surface area contributed by atoms with Crippen LogP contribution in [0.2, 0.25) is 0 Å². The highest BCUT2D eigenvalue weighted by Gasteiger charge is 2.34. The van der Waals surface area contributed by atoms with Crippen molar-refractivity contribution in [1.29, 1.82) is 0 Å². The van der Waals surface area contributed by atoms with Gasteiger partial charge >= 0.3 is 5.97 Å². The molecule has 6 heteroatoms. The number of fused-ring (bicyclic) bond motifs is 1. The van der Waals surface area contributed by atoms with Crippen molar-refractivity contribution in [1.82, 2.24) is 4.90 Å². The largest absolute Gasteiger partial charge is 0.492 e. The maximum atomic E-state index is 12.5. The van der Waals surface area contributed by atoms with Crippen molar-refractivity contribution in [3.8, 4) is 5.75 Å². The van der Waals surface area contributed by atoms with Gasteiger partial charge in [-0.2, -0.15) is 0 Å². The molecule has 3 rings (SSSR count). The van der Waals surface area contributed by atoms with Crippen molar-refractivity contribution in [3.63, 3.8) is 0 Å². The normalized spacial score (nSPS) is 24.9. The molecule has 2 atom stereocenters. The third-order valence-corrected chi connectivity index (χ3v) is 3.88. The van der Waals surface area contributed by atoms with Crippen LogP contribution < -0.4 is 4.74 Å². The van der Waals surface area contributed by atoms with Crippen LogP contribution in [0.3, 0.4) is 0 Å². The summed E-state index contributed by atoms with van der Waals surface area (Å²) in [5.74, 6) is -0.517. The molecule has 0 bridgehead atoms. The molecule has 112 valence electrons. The quantitative estimate of drug-likeness (QED) is 0.861. The van der Waals surface area contributed by atoms with Crippen LogP contribution in [-0.2, 0) is 20.7 Å². The maximum Gasteiger partial charge on any atom is 0.334 e. The number of carboxylic acid groups (broad SMARTS) is 1. The number of para-hydroxylation sites is 1. The minimum absolute atomic E-state index is 0.0564. The molecule has 0 unspecified atom stereocenters. The highest BCUT2D eigenvalue weighted by Crippen LogP contribution is 2.28. The van der Waals surface area contributed by atoms with Crippen LogP contribution in [-0.4, -0.2) is 54.3 Å². The van der Waals surface area contributed by atoms with E-state index >= 15 is 0 Å². The van der Waals surface area contributed by atoms with Gasteiger partial charge in [-0.15, -0.1) is 0 Å². The standard InChI is InChI=1S/C15H17NO5/c17-14(16-5-6-20-13(8-16)15(18)19)11-7-10-3-1-2-4-12(10)21-9-11/h1-4,11,13H,5-9H2,(H,18,19)/t11-,13+/m1/s1. The molecule has 1 saturated heterocycles. The lowest BCUT2D eigenvalue weighted by Gasteiger charge is -2.34. The van der Waals surface area contributed by atoms with Crippen LogP contribution in [0, 0.1) is 5.92 Å². The number of amides is 1. The van der Waals surface area contributed by atoms with Crippen molar-refractivity contribution in [2.24, 2.45) is 5.92 Å². The average Bonchev–Trinajstić information content (AvgIpc) is 2.53. The molecule has 1 N–H and O–H groups in total. The number of rotatable bonds is 2. The van der Waals surface area contributed by atoms with Gasteiger partial charge < -0.3 is 19.5 Å². The van der Waals surface area contributed by atoms with E-state index in [4.69, 9.17) is 14.6 Å². The van der Waals surface area contributed by atoms with E-state index in [9.17, 15) is 9.59 Å². The number of carboxylic acids is 1. The van der Waals surface area contributed by atoms with Gasteiger partial charge in [0.1, 0.15) is 12.4 Å². The lowest BCUT2D eigenvalue weighted by Crippen LogP contribution is -2.51. The summed E-state index contributed by atoms with van der Waals surface area (Å²) in [6.45, 7) is 1.13. The molecular formula is C15H17NO5. The Balaban J connectivity index is 1.67. The second-order valence-electron chi connectivity index (χ2n) is 5.30. The summed E-state index contributed by atoms with van der Waals surface area (Å²) < 4.78 is 10.8. The van der Waals surface area contributed by atoms with Crippen LogP contribution >= 0.6 is 0 Å². The average molecular weight is 291 g/mol. The van der Waals surface area contributed by atoms with Crippen molar-refractivity contribution in [3.05, 3.63) is 29.8 Å². The van der Waals surface area contributed by atoms with Gasteiger partial charge in [0, 0.05) is 6.54 Å². The summed E-state index contributed by atoms with van der Waals surface area (Å²) >= 11 is 0. The molecule has 1 fully saturated rings. The number of carbonyl (C=O) groups is 2. The van der Waals surface area contributed by atoms with Crippen molar-refractivity contribution in [2.75, 3.05) is 26.3 Å². The van der Waals surface area contributed by atoms with Gasteiger partial charge in [-0.3, -0.25) is 4.79 Å². The predicted octanol–water partition coefficient (Wildman–Crippen LogP) is 0.550. The topological polar surface area (TPSA) is 76.1 Å². The Morgan fingerprint density at radius 2 is 2.10 bits per heavy atom. The number of morpholine rings is 1. The summed E-state index contributed by atoms with van der Waals surface area (Å²) in [6.07, 6.45) is -0.302. The lowest BCUT2D eigenvalue weighted by molar-refractivity contribution is -0.160. The summed E-state index contributed by atoms with van der Waals surface area (Å²) in [5.41, 5.74) is 1.02. The highest BCUT2D eigenvalue weighted by atomic mass is 16.5. The fraction of sp³-hybridized carbons (Fsp3) is 0.467. The van der Waals surface area contributed by atoms with Gasteiger partial charge in [-0.25, -0.2) is 4.79 Å². The zero-order chi connectivity index (χ0) is 14.8. The second-order valence-corrected chi connectivity index (χ2v) is 5.30. The molecule has 21 heavy (non-hydrogen) atoms. The molecule has 1 amide bonds. The van der Waals surface area contributed by atoms with Gasteiger partial charge in [-0.05, 0) is 18.1 Å². The fourth-order valence-electron chi connectivity index (χ4n) is 2.74. The van der Waals surface area contributed by atoms with E-state index in [0.29, 0.717) is 19.6 Å². The molecule has 2 aliphatic heterocycles. The van der Waals surface area contributed by atoms with Crippen LogP contribution in [0.4, 0.5) is 0 Å². The van der Waals surface area contributed by atoms with E-state index in [1.807, 2.05) is 24.3 Å². The zero-order valence-corrected chi connectivity index (χ0v) is 11.5. The van der Waals surface area contributed by atoms with Crippen molar-refractivity contribution >= 4 is 11.9 Å². The van der Waals surface area contributed by atoms with Gasteiger partial charge in [0.25, 0.3) is 0 Å². The van der Waals surface area contributed by atoms with E-state index in [0.717, 1.165) is 11.3 Å². The third-order valence-electron chi connectivity index (χ3n) is 3.88. The molecule has 0 aliphatic carbocycles. The summed E-state index contributed by atoms with van der Waals surface area (Å²) in [5, 5.41) is 8.99. The molecule has 2 aliphatic rings. The molecule has 0 aromatic heterocycles. The maximum absolute atomic E-state index is 12.5. The summed E-state index contributed by atoms with van der Waals surface area (Å²) in [6, 6.07) is 7.67. The van der Waals surface area contributed by atoms with Gasteiger partial charge in [0.2, 0.25) is 5.91 Å². The molecule has 0 spiro atoms. The lowest BCUT2D eigenvalue weighted by atomic mass is 9.95. The SMILES string of the molecule is O=C(O)[C@@H]1CN(C(=O)[C@H]2COc3ccccc3C2)CCO1. The van der Waals surface area contributed by atoms with Crippen LogP contribution in [0.1, 0.15) is 5.56 Å². The van der Waals surface area contributed by atoms with E-state index in [1.165, 1.54) is 0 Å². The van der Waals surface area contributed by atoms with Crippen molar-refractivity contribution < 1.29 is 24.2 Å². The van der Waals surface area contributed by atoms with Crippen LogP contribution in [0.25, 0.3) is 0 Å². The summed E-state index contributed by atoms with van der Waals surface area (Å²) in [4.78, 5) is 25.1. The van der Waals surface area contributed by atoms with Crippen molar-refractivity contribution in [2.45, 2.75) is 12.5 Å². The number of nitrogens with zero attached hydrogens (tertiary/aromatic N) is 1. The number of hydrogen-bond acceptors (Lipinski definition) is 4. The van der Waals surface area contributed by atoms with E-state index in [-0.39, 0.29) is 25.0 Å². The Morgan fingerprint density at radius 1 is 1.29 bits per heavy atom. The summed E-state index contributed by atoms with van der Waals surface area (Å²) in [7, 11) is 0. The Morgan fingerprint density at radius 3 is 2.90 bits per heavy atom. The van der Waals surface area contributed by atoms with Gasteiger partial charge in [-0.1, -0.05) is 18.2 Å². The van der Waals surface area contributed by atoms with E-state index < -0.39 is 12.1 Å².